The number of hydrogen-bond acceptors (Lipinski definition) is 6. The van der Waals surface area contributed by atoms with Crippen molar-refractivity contribution in [3.05, 3.63) is 12.2 Å². The molecule has 0 aromatic carbocycles. The number of esters is 3. The van der Waals surface area contributed by atoms with E-state index in [1.807, 2.05) is 6.92 Å². The van der Waals surface area contributed by atoms with E-state index < -0.39 is 52.9 Å². The summed E-state index contributed by atoms with van der Waals surface area (Å²) in [5, 5.41) is 0. The van der Waals surface area contributed by atoms with Crippen LogP contribution in [0.2, 0.25) is 0 Å². The van der Waals surface area contributed by atoms with Crippen molar-refractivity contribution in [2.24, 2.45) is 22.7 Å². The number of hydrogen-bond donors (Lipinski definition) is 0. The molecule has 0 radical (unpaired) electrons. The molecule has 0 aromatic rings. The summed E-state index contributed by atoms with van der Waals surface area (Å²) >= 11 is 0. The van der Waals surface area contributed by atoms with Crippen LogP contribution in [0.25, 0.3) is 0 Å². The molecular weight excluding hydrogens is 393 g/mol. The first kappa shape index (κ1) is 23.2. The van der Waals surface area contributed by atoms with E-state index in [1.165, 1.54) is 14.2 Å². The first-order valence-electron chi connectivity index (χ1n) is 9.43. The van der Waals surface area contributed by atoms with Crippen LogP contribution in [0.1, 0.15) is 46.0 Å². The Morgan fingerprint density at radius 1 is 1.14 bits per heavy atom. The molecule has 0 bridgehead atoms. The fourth-order valence-corrected chi connectivity index (χ4v) is 5.28. The molecule has 0 heterocycles. The van der Waals surface area contributed by atoms with E-state index in [-0.39, 0.29) is 18.4 Å². The zero-order chi connectivity index (χ0) is 22.2. The van der Waals surface area contributed by atoms with Crippen LogP contribution >= 0.6 is 0 Å². The third kappa shape index (κ3) is 4.14. The summed E-state index contributed by atoms with van der Waals surface area (Å²) in [5.74, 6) is -4.42. The van der Waals surface area contributed by atoms with Crippen LogP contribution in [0, 0.1) is 22.7 Å². The van der Waals surface area contributed by atoms with Gasteiger partial charge in [0.2, 0.25) is 0 Å². The molecule has 0 saturated heterocycles. The van der Waals surface area contributed by atoms with Gasteiger partial charge in [-0.05, 0) is 49.0 Å². The van der Waals surface area contributed by atoms with E-state index in [2.05, 4.69) is 6.58 Å². The first-order valence-corrected chi connectivity index (χ1v) is 9.43. The largest absolute Gasteiger partial charge is 0.490 e. The Labute approximate surface area is 167 Å². The third-order valence-electron chi connectivity index (χ3n) is 6.81. The van der Waals surface area contributed by atoms with Gasteiger partial charge in [0.25, 0.3) is 0 Å². The van der Waals surface area contributed by atoms with E-state index in [9.17, 15) is 27.6 Å². The molecule has 0 amide bonds. The Balaban J connectivity index is 2.49. The van der Waals surface area contributed by atoms with Gasteiger partial charge in [-0.1, -0.05) is 19.9 Å². The zero-order valence-electron chi connectivity index (χ0n) is 17.1. The van der Waals surface area contributed by atoms with E-state index in [4.69, 9.17) is 14.2 Å². The van der Waals surface area contributed by atoms with Crippen molar-refractivity contribution in [1.82, 2.24) is 0 Å². The second-order valence-electron chi connectivity index (χ2n) is 8.36. The van der Waals surface area contributed by atoms with Gasteiger partial charge in [-0.2, -0.15) is 13.2 Å². The van der Waals surface area contributed by atoms with Gasteiger partial charge in [-0.25, -0.2) is 4.79 Å². The van der Waals surface area contributed by atoms with Crippen molar-refractivity contribution in [2.45, 2.75) is 58.2 Å². The van der Waals surface area contributed by atoms with Gasteiger partial charge in [0, 0.05) is 0 Å². The highest BCUT2D eigenvalue weighted by Crippen LogP contribution is 2.62. The maximum absolute atomic E-state index is 12.8. The topological polar surface area (TPSA) is 78.9 Å². The quantitative estimate of drug-likeness (QED) is 0.393. The zero-order valence-corrected chi connectivity index (χ0v) is 17.1. The number of halogens is 3. The average Bonchev–Trinajstić information content (AvgIpc) is 2.64. The summed E-state index contributed by atoms with van der Waals surface area (Å²) in [6, 6.07) is 0. The normalized spacial score (nSPS) is 34.7. The predicted octanol–water partition coefficient (Wildman–Crippen LogP) is 3.59. The molecule has 5 atom stereocenters. The fourth-order valence-electron chi connectivity index (χ4n) is 5.28. The number of fused-ring (bicyclic) bond motifs is 1. The first-order chi connectivity index (χ1) is 13.3. The molecule has 2 aliphatic carbocycles. The molecule has 0 aromatic heterocycles. The Morgan fingerprint density at radius 2 is 1.76 bits per heavy atom. The van der Waals surface area contributed by atoms with Gasteiger partial charge in [0.15, 0.2) is 0 Å². The molecule has 2 aliphatic rings. The summed E-state index contributed by atoms with van der Waals surface area (Å²) in [6.45, 7) is 7.50. The van der Waals surface area contributed by atoms with Crippen molar-refractivity contribution in [3.63, 3.8) is 0 Å². The lowest BCUT2D eigenvalue weighted by atomic mass is 9.46. The van der Waals surface area contributed by atoms with Crippen molar-refractivity contribution in [1.29, 1.82) is 0 Å². The summed E-state index contributed by atoms with van der Waals surface area (Å²) in [6.07, 6.45) is -4.74. The summed E-state index contributed by atoms with van der Waals surface area (Å²) in [5.41, 5.74) is -1.37. The Hall–Kier alpha value is -2.06. The molecule has 9 heteroatoms. The molecule has 6 nitrogen and oxygen atoms in total. The number of ether oxygens (including phenoxy) is 3. The minimum Gasteiger partial charge on any atom is -0.469 e. The monoisotopic (exact) mass is 420 g/mol. The number of carbonyl (C=O) groups excluding carboxylic acids is 3. The van der Waals surface area contributed by atoms with Gasteiger partial charge < -0.3 is 14.2 Å². The molecule has 1 unspecified atom stereocenters. The number of rotatable bonds is 4. The molecule has 2 fully saturated rings. The third-order valence-corrected chi connectivity index (χ3v) is 6.81. The molecule has 0 aliphatic heterocycles. The molecule has 0 N–H and O–H groups in total. The predicted molar refractivity (Wildman–Crippen MR) is 95.4 cm³/mol. The van der Waals surface area contributed by atoms with Crippen LogP contribution in [0.3, 0.4) is 0 Å². The van der Waals surface area contributed by atoms with Gasteiger partial charge in [0.1, 0.15) is 6.10 Å². The highest BCUT2D eigenvalue weighted by atomic mass is 19.4. The Morgan fingerprint density at radius 3 is 2.28 bits per heavy atom. The lowest BCUT2D eigenvalue weighted by Gasteiger charge is -2.58. The number of alkyl halides is 3. The van der Waals surface area contributed by atoms with Crippen molar-refractivity contribution in [3.8, 4) is 0 Å². The Kier molecular flexibility index (Phi) is 6.40. The maximum atomic E-state index is 12.8. The minimum atomic E-state index is -5.16. The lowest BCUT2D eigenvalue weighted by molar-refractivity contribution is -0.209. The molecule has 2 rings (SSSR count). The van der Waals surface area contributed by atoms with Crippen LogP contribution in [-0.4, -0.2) is 44.4 Å². The van der Waals surface area contributed by atoms with Gasteiger partial charge in [-0.15, -0.1) is 0 Å². The molecule has 164 valence electrons. The van der Waals surface area contributed by atoms with Crippen molar-refractivity contribution < 1.29 is 41.8 Å². The highest BCUT2D eigenvalue weighted by Gasteiger charge is 2.61. The van der Waals surface area contributed by atoms with E-state index in [0.29, 0.717) is 19.3 Å². The SMILES string of the molecule is C=C1[C@H](OC(=O)C(F)(F)F)CC2[C@](C)(CCC[C@]2(C)C(=O)OC)[C@H]1CC(=O)OC. The average molecular weight is 420 g/mol. The van der Waals surface area contributed by atoms with Crippen LogP contribution in [-0.2, 0) is 28.6 Å². The molecule has 2 saturated carbocycles. The summed E-state index contributed by atoms with van der Waals surface area (Å²) in [4.78, 5) is 36.1. The lowest BCUT2D eigenvalue weighted by Crippen LogP contribution is -2.57. The van der Waals surface area contributed by atoms with E-state index in [0.717, 1.165) is 0 Å². The van der Waals surface area contributed by atoms with Crippen molar-refractivity contribution in [2.75, 3.05) is 14.2 Å². The van der Waals surface area contributed by atoms with E-state index in [1.54, 1.807) is 6.92 Å². The second kappa shape index (κ2) is 7.99. The molecule has 29 heavy (non-hydrogen) atoms. The van der Waals surface area contributed by atoms with Crippen molar-refractivity contribution >= 4 is 17.9 Å². The number of carbonyl (C=O) groups is 3. The molecule has 0 spiro atoms. The molecular formula is C20H27F3O6. The van der Waals surface area contributed by atoms with Crippen LogP contribution in [0.5, 0.6) is 0 Å². The van der Waals surface area contributed by atoms with Crippen LogP contribution < -0.4 is 0 Å². The summed E-state index contributed by atoms with van der Waals surface area (Å²) in [7, 11) is 2.47. The van der Waals surface area contributed by atoms with Gasteiger partial charge in [0.05, 0.1) is 26.1 Å². The second-order valence-corrected chi connectivity index (χ2v) is 8.36. The minimum absolute atomic E-state index is 0.000423. The number of methoxy groups -OCH3 is 2. The standard InChI is InChI=1S/C20H27F3O6/c1-11-12(9-15(24)27-4)18(2)7-6-8-19(3,16(25)28-5)14(18)10-13(11)29-17(26)20(21,22)23/h12-14H,1,6-10H2,2-5H3/t12-,13+,14?,18+,19-/m0/s1. The smallest absolute Gasteiger partial charge is 0.469 e. The maximum Gasteiger partial charge on any atom is 0.490 e. The van der Waals surface area contributed by atoms with Gasteiger partial charge >= 0.3 is 24.1 Å². The van der Waals surface area contributed by atoms with Gasteiger partial charge in [-0.3, -0.25) is 9.59 Å². The summed E-state index contributed by atoms with van der Waals surface area (Å²) < 4.78 is 52.8. The van der Waals surface area contributed by atoms with Crippen LogP contribution in [0.4, 0.5) is 13.2 Å². The Bertz CT molecular complexity index is 703. The highest BCUT2D eigenvalue weighted by molar-refractivity contribution is 5.78. The van der Waals surface area contributed by atoms with E-state index >= 15 is 0 Å². The fraction of sp³-hybridized carbons (Fsp3) is 0.750. The van der Waals surface area contributed by atoms with Crippen LogP contribution in [0.15, 0.2) is 12.2 Å².